The summed E-state index contributed by atoms with van der Waals surface area (Å²) >= 11 is 0. The Labute approximate surface area is 49.1 Å². The Kier molecular flexibility index (Phi) is 1.33. The van der Waals surface area contributed by atoms with Gasteiger partial charge < -0.3 is 0 Å². The van der Waals surface area contributed by atoms with Crippen molar-refractivity contribution in [1.29, 1.82) is 0 Å². The molecule has 2 nitrogen and oxygen atoms in total. The molecular weight excluding hydrogens is 100 g/mol. The summed E-state index contributed by atoms with van der Waals surface area (Å²) in [6, 6.07) is 2.03. The van der Waals surface area contributed by atoms with Gasteiger partial charge in [-0.1, -0.05) is 6.92 Å². The topological polar surface area (TPSA) is 17.8 Å². The van der Waals surface area contributed by atoms with Gasteiger partial charge in [-0.2, -0.15) is 5.10 Å². The molecule has 0 aliphatic carbocycles. The molecule has 0 unspecified atom stereocenters. The molecule has 0 spiro atoms. The van der Waals surface area contributed by atoms with E-state index in [1.54, 1.807) is 0 Å². The maximum absolute atomic E-state index is 4.15. The van der Waals surface area contributed by atoms with Crippen LogP contribution in [0.4, 0.5) is 0 Å². The Balaban J connectivity index is 2.84. The molecule has 1 aromatic heterocycles. The zero-order valence-corrected chi connectivity index (χ0v) is 5.26. The monoisotopic (exact) mass is 110 g/mol. The summed E-state index contributed by atoms with van der Waals surface area (Å²) in [4.78, 5) is 0. The van der Waals surface area contributed by atoms with Crippen molar-refractivity contribution in [2.24, 2.45) is 7.05 Å². The maximum Gasteiger partial charge on any atom is 0.0621 e. The highest BCUT2D eigenvalue weighted by molar-refractivity contribution is 4.97. The van der Waals surface area contributed by atoms with Crippen LogP contribution in [0.25, 0.3) is 0 Å². The third-order valence-corrected chi connectivity index (χ3v) is 1.13. The van der Waals surface area contributed by atoms with Crippen LogP contribution in [0, 0.1) is 0 Å². The molecule has 0 atom stereocenters. The molecule has 0 amide bonds. The van der Waals surface area contributed by atoms with E-state index in [-0.39, 0.29) is 0 Å². The Hall–Kier alpha value is -0.790. The third-order valence-electron chi connectivity index (χ3n) is 1.13. The molecule has 0 aliphatic rings. The zero-order chi connectivity index (χ0) is 5.98. The molecular formula is C6H10N2. The molecule has 2 heteroatoms. The molecule has 0 radical (unpaired) electrons. The molecule has 0 bridgehead atoms. The average Bonchev–Trinajstić information content (AvgIpc) is 2.14. The van der Waals surface area contributed by atoms with Gasteiger partial charge in [0.05, 0.1) is 5.69 Å². The van der Waals surface area contributed by atoms with Gasteiger partial charge in [0.25, 0.3) is 0 Å². The highest BCUT2D eigenvalue weighted by Crippen LogP contribution is 1.92. The maximum atomic E-state index is 4.15. The van der Waals surface area contributed by atoms with Crippen LogP contribution in [0.3, 0.4) is 0 Å². The van der Waals surface area contributed by atoms with Gasteiger partial charge >= 0.3 is 0 Å². The van der Waals surface area contributed by atoms with E-state index in [1.165, 1.54) is 0 Å². The van der Waals surface area contributed by atoms with Crippen LogP contribution in [-0.4, -0.2) is 9.78 Å². The van der Waals surface area contributed by atoms with Gasteiger partial charge in [0, 0.05) is 13.2 Å². The first-order chi connectivity index (χ1) is 3.83. The minimum atomic E-state index is 1.03. The number of hydrogen-bond donors (Lipinski definition) is 0. The van der Waals surface area contributed by atoms with Crippen LogP contribution < -0.4 is 0 Å². The first kappa shape index (κ1) is 5.35. The molecule has 0 fully saturated rings. The lowest BCUT2D eigenvalue weighted by molar-refractivity contribution is 0.746. The highest BCUT2D eigenvalue weighted by Gasteiger charge is 1.88. The molecule has 0 aliphatic heterocycles. The van der Waals surface area contributed by atoms with Gasteiger partial charge in [-0.05, 0) is 12.5 Å². The van der Waals surface area contributed by atoms with Gasteiger partial charge in [0.2, 0.25) is 0 Å². The molecule has 0 N–H and O–H groups in total. The Morgan fingerprint density at radius 3 is 2.75 bits per heavy atom. The van der Waals surface area contributed by atoms with Gasteiger partial charge in [0.15, 0.2) is 0 Å². The van der Waals surface area contributed by atoms with Gasteiger partial charge in [0.1, 0.15) is 0 Å². The van der Waals surface area contributed by atoms with Crippen LogP contribution in [0.5, 0.6) is 0 Å². The van der Waals surface area contributed by atoms with Gasteiger partial charge in [-0.15, -0.1) is 0 Å². The zero-order valence-electron chi connectivity index (χ0n) is 5.26. The van der Waals surface area contributed by atoms with Crippen molar-refractivity contribution in [2.75, 3.05) is 0 Å². The Morgan fingerprint density at radius 2 is 2.50 bits per heavy atom. The second-order valence-electron chi connectivity index (χ2n) is 1.83. The van der Waals surface area contributed by atoms with E-state index in [0.29, 0.717) is 0 Å². The van der Waals surface area contributed by atoms with E-state index in [9.17, 15) is 0 Å². The molecule has 8 heavy (non-hydrogen) atoms. The second-order valence-corrected chi connectivity index (χ2v) is 1.83. The summed E-state index contributed by atoms with van der Waals surface area (Å²) in [6.07, 6.45) is 2.99. The largest absolute Gasteiger partial charge is 0.276 e. The summed E-state index contributed by atoms with van der Waals surface area (Å²) < 4.78 is 1.82. The van der Waals surface area contributed by atoms with Crippen LogP contribution >= 0.6 is 0 Å². The fourth-order valence-corrected chi connectivity index (χ4v) is 0.652. The lowest BCUT2D eigenvalue weighted by Gasteiger charge is -1.83. The molecule has 1 rings (SSSR count). The SMILES string of the molecule is CCc1ccn(C)n1. The van der Waals surface area contributed by atoms with Crippen LogP contribution in [-0.2, 0) is 13.5 Å². The van der Waals surface area contributed by atoms with E-state index in [0.717, 1.165) is 12.1 Å². The van der Waals surface area contributed by atoms with E-state index in [4.69, 9.17) is 0 Å². The Morgan fingerprint density at radius 1 is 1.75 bits per heavy atom. The van der Waals surface area contributed by atoms with E-state index in [2.05, 4.69) is 12.0 Å². The summed E-state index contributed by atoms with van der Waals surface area (Å²) in [5, 5.41) is 4.15. The van der Waals surface area contributed by atoms with Crippen molar-refractivity contribution < 1.29 is 0 Å². The number of rotatable bonds is 1. The number of aryl methyl sites for hydroxylation is 2. The van der Waals surface area contributed by atoms with Crippen LogP contribution in [0.2, 0.25) is 0 Å². The lowest BCUT2D eigenvalue weighted by atomic mass is 10.4. The molecule has 0 saturated carbocycles. The highest BCUT2D eigenvalue weighted by atomic mass is 15.2. The first-order valence-electron chi connectivity index (χ1n) is 2.81. The summed E-state index contributed by atoms with van der Waals surface area (Å²) in [6.45, 7) is 2.10. The predicted octanol–water partition coefficient (Wildman–Crippen LogP) is 0.982. The van der Waals surface area contributed by atoms with Crippen molar-refractivity contribution in [3.63, 3.8) is 0 Å². The van der Waals surface area contributed by atoms with Crippen molar-refractivity contribution in [1.82, 2.24) is 9.78 Å². The Bertz CT molecular complexity index is 167. The second kappa shape index (κ2) is 1.99. The smallest absolute Gasteiger partial charge is 0.0621 e. The minimum absolute atomic E-state index is 1.03. The summed E-state index contributed by atoms with van der Waals surface area (Å²) in [7, 11) is 1.93. The number of nitrogens with zero attached hydrogens (tertiary/aromatic N) is 2. The lowest BCUT2D eigenvalue weighted by Crippen LogP contribution is -1.88. The first-order valence-corrected chi connectivity index (χ1v) is 2.81. The molecule has 1 heterocycles. The van der Waals surface area contributed by atoms with Crippen molar-refractivity contribution in [3.05, 3.63) is 18.0 Å². The molecule has 44 valence electrons. The normalized spacial score (nSPS) is 9.75. The van der Waals surface area contributed by atoms with E-state index < -0.39 is 0 Å². The summed E-state index contributed by atoms with van der Waals surface area (Å²) in [5.41, 5.74) is 1.16. The van der Waals surface area contributed by atoms with Crippen LogP contribution in [0.1, 0.15) is 12.6 Å². The quantitative estimate of drug-likeness (QED) is 0.527. The van der Waals surface area contributed by atoms with Crippen LogP contribution in [0.15, 0.2) is 12.3 Å². The van der Waals surface area contributed by atoms with E-state index >= 15 is 0 Å². The van der Waals surface area contributed by atoms with Crippen molar-refractivity contribution in [3.8, 4) is 0 Å². The fourth-order valence-electron chi connectivity index (χ4n) is 0.652. The summed E-state index contributed by atoms with van der Waals surface area (Å²) in [5.74, 6) is 0. The van der Waals surface area contributed by atoms with E-state index in [1.807, 2.05) is 24.0 Å². The van der Waals surface area contributed by atoms with Crippen molar-refractivity contribution >= 4 is 0 Å². The fraction of sp³-hybridized carbons (Fsp3) is 0.500. The third kappa shape index (κ3) is 0.886. The number of hydrogen-bond acceptors (Lipinski definition) is 1. The van der Waals surface area contributed by atoms with Crippen molar-refractivity contribution in [2.45, 2.75) is 13.3 Å². The molecule has 1 aromatic rings. The number of aromatic nitrogens is 2. The van der Waals surface area contributed by atoms with Gasteiger partial charge in [-0.25, -0.2) is 0 Å². The minimum Gasteiger partial charge on any atom is -0.276 e. The average molecular weight is 110 g/mol. The standard InChI is InChI=1S/C6H10N2/c1-3-6-4-5-8(2)7-6/h4-5H,3H2,1-2H3. The predicted molar refractivity (Wildman–Crippen MR) is 32.6 cm³/mol. The molecule has 0 aromatic carbocycles. The molecule has 0 saturated heterocycles. The van der Waals surface area contributed by atoms with Gasteiger partial charge in [-0.3, -0.25) is 4.68 Å².